The fraction of sp³-hybridized carbons (Fsp3) is 0.308. The molecule has 21 heavy (non-hydrogen) atoms. The second-order valence-corrected chi connectivity index (χ2v) is 6.68. The summed E-state index contributed by atoms with van der Waals surface area (Å²) in [6, 6.07) is 7.34. The number of ether oxygens (including phenoxy) is 1. The number of aromatic nitrogens is 2. The van der Waals surface area contributed by atoms with Gasteiger partial charge in [0.2, 0.25) is 11.0 Å². The molecule has 2 rings (SSSR count). The third-order valence-electron chi connectivity index (χ3n) is 2.51. The molecule has 1 amide bonds. The molecule has 0 saturated heterocycles. The van der Waals surface area contributed by atoms with Crippen molar-refractivity contribution in [1.82, 2.24) is 10.2 Å². The van der Waals surface area contributed by atoms with Crippen LogP contribution in [-0.4, -0.2) is 28.0 Å². The molecule has 1 aromatic heterocycles. The van der Waals surface area contributed by atoms with Gasteiger partial charge in [0.05, 0.1) is 17.5 Å². The van der Waals surface area contributed by atoms with Crippen LogP contribution in [0.15, 0.2) is 28.6 Å². The number of nitrogens with two attached hydrogens (primary N) is 1. The van der Waals surface area contributed by atoms with Gasteiger partial charge in [0.15, 0.2) is 4.34 Å². The van der Waals surface area contributed by atoms with E-state index in [1.807, 2.05) is 31.2 Å². The second-order valence-electron chi connectivity index (χ2n) is 4.08. The summed E-state index contributed by atoms with van der Waals surface area (Å²) in [5.41, 5.74) is 6.18. The number of nitrogen functional groups attached to an aromatic ring is 1. The molecule has 0 spiro atoms. The van der Waals surface area contributed by atoms with E-state index in [2.05, 4.69) is 15.5 Å². The Morgan fingerprint density at radius 3 is 2.90 bits per heavy atom. The van der Waals surface area contributed by atoms with Gasteiger partial charge in [-0.1, -0.05) is 35.2 Å². The van der Waals surface area contributed by atoms with Gasteiger partial charge in [-0.25, -0.2) is 0 Å². The number of rotatable bonds is 6. The van der Waals surface area contributed by atoms with Gasteiger partial charge in [-0.2, -0.15) is 0 Å². The normalized spacial score (nSPS) is 11.9. The summed E-state index contributed by atoms with van der Waals surface area (Å²) in [5.74, 6) is 0.534. The number of benzene rings is 1. The lowest BCUT2D eigenvalue weighted by Crippen LogP contribution is -2.22. The fourth-order valence-corrected chi connectivity index (χ4v) is 3.34. The van der Waals surface area contributed by atoms with Crippen LogP contribution in [0.5, 0.6) is 5.75 Å². The second kappa shape index (κ2) is 7.28. The lowest BCUT2D eigenvalue weighted by atomic mass is 10.3. The van der Waals surface area contributed by atoms with Crippen molar-refractivity contribution in [2.24, 2.45) is 0 Å². The minimum atomic E-state index is -0.313. The minimum absolute atomic E-state index is 0.124. The highest BCUT2D eigenvalue weighted by molar-refractivity contribution is 8.02. The monoisotopic (exact) mass is 324 g/mol. The molecule has 0 aliphatic carbocycles. The lowest BCUT2D eigenvalue weighted by Gasteiger charge is -2.13. The van der Waals surface area contributed by atoms with E-state index in [1.165, 1.54) is 23.1 Å². The van der Waals surface area contributed by atoms with Crippen LogP contribution in [-0.2, 0) is 4.79 Å². The molecule has 1 atom stereocenters. The number of hydrogen-bond donors (Lipinski definition) is 2. The van der Waals surface area contributed by atoms with Crippen LogP contribution < -0.4 is 15.8 Å². The first-order valence-electron chi connectivity index (χ1n) is 6.38. The van der Waals surface area contributed by atoms with Crippen molar-refractivity contribution in [3.8, 4) is 5.75 Å². The predicted molar refractivity (Wildman–Crippen MR) is 85.9 cm³/mol. The Balaban J connectivity index is 2.00. The van der Waals surface area contributed by atoms with Crippen molar-refractivity contribution in [3.05, 3.63) is 24.3 Å². The number of nitrogens with zero attached hydrogens (tertiary/aromatic N) is 2. The van der Waals surface area contributed by atoms with E-state index in [0.29, 0.717) is 27.5 Å². The van der Waals surface area contributed by atoms with Gasteiger partial charge in [0.25, 0.3) is 0 Å². The van der Waals surface area contributed by atoms with Crippen LogP contribution in [0.4, 0.5) is 10.8 Å². The molecule has 0 bridgehead atoms. The summed E-state index contributed by atoms with van der Waals surface area (Å²) in [6.45, 7) is 4.25. The molecule has 0 fully saturated rings. The number of para-hydroxylation sites is 2. The molecule has 0 aliphatic heterocycles. The molecule has 2 aromatic rings. The van der Waals surface area contributed by atoms with Crippen molar-refractivity contribution in [1.29, 1.82) is 0 Å². The standard InChI is InChI=1S/C13H16N4O2S2/c1-3-19-10-7-5-4-6-9(10)15-11(18)8(2)20-13-17-16-12(14)21-13/h4-8H,3H2,1-2H3,(H2,14,16)(H,15,18). The zero-order valence-corrected chi connectivity index (χ0v) is 13.3. The Hall–Kier alpha value is -1.80. The van der Waals surface area contributed by atoms with E-state index >= 15 is 0 Å². The highest BCUT2D eigenvalue weighted by Gasteiger charge is 2.18. The highest BCUT2D eigenvalue weighted by atomic mass is 32.2. The van der Waals surface area contributed by atoms with Gasteiger partial charge in [-0.05, 0) is 26.0 Å². The van der Waals surface area contributed by atoms with Crippen molar-refractivity contribution < 1.29 is 9.53 Å². The van der Waals surface area contributed by atoms with Crippen LogP contribution in [0.2, 0.25) is 0 Å². The summed E-state index contributed by atoms with van der Waals surface area (Å²) in [5, 5.41) is 10.6. The molecule has 1 aromatic carbocycles. The summed E-state index contributed by atoms with van der Waals surface area (Å²) < 4.78 is 6.16. The van der Waals surface area contributed by atoms with Gasteiger partial charge in [0, 0.05) is 0 Å². The predicted octanol–water partition coefficient (Wildman–Crippen LogP) is 2.64. The van der Waals surface area contributed by atoms with Crippen molar-refractivity contribution in [3.63, 3.8) is 0 Å². The molecule has 0 saturated carbocycles. The number of amides is 1. The number of carbonyl (C=O) groups is 1. The Morgan fingerprint density at radius 1 is 1.48 bits per heavy atom. The van der Waals surface area contributed by atoms with E-state index < -0.39 is 0 Å². The van der Waals surface area contributed by atoms with Crippen LogP contribution in [0.1, 0.15) is 13.8 Å². The molecule has 6 nitrogen and oxygen atoms in total. The quantitative estimate of drug-likeness (QED) is 0.794. The van der Waals surface area contributed by atoms with Crippen molar-refractivity contribution >= 4 is 39.8 Å². The van der Waals surface area contributed by atoms with Crippen molar-refractivity contribution in [2.45, 2.75) is 23.4 Å². The molecular weight excluding hydrogens is 308 g/mol. The summed E-state index contributed by atoms with van der Waals surface area (Å²) in [7, 11) is 0. The average Bonchev–Trinajstić information content (AvgIpc) is 2.86. The van der Waals surface area contributed by atoms with Gasteiger partial charge in [-0.15, -0.1) is 10.2 Å². The molecule has 112 valence electrons. The zero-order valence-electron chi connectivity index (χ0n) is 11.7. The van der Waals surface area contributed by atoms with E-state index in [4.69, 9.17) is 10.5 Å². The van der Waals surface area contributed by atoms with Crippen LogP contribution in [0, 0.1) is 0 Å². The van der Waals surface area contributed by atoms with E-state index in [1.54, 1.807) is 6.92 Å². The SMILES string of the molecule is CCOc1ccccc1NC(=O)C(C)Sc1nnc(N)s1. The van der Waals surface area contributed by atoms with Crippen LogP contribution in [0.25, 0.3) is 0 Å². The van der Waals surface area contributed by atoms with E-state index in [0.717, 1.165) is 0 Å². The third kappa shape index (κ3) is 4.33. The Morgan fingerprint density at radius 2 is 2.24 bits per heavy atom. The Kier molecular flexibility index (Phi) is 5.40. The van der Waals surface area contributed by atoms with E-state index in [9.17, 15) is 4.79 Å². The molecule has 0 radical (unpaired) electrons. The fourth-order valence-electron chi connectivity index (χ4n) is 1.56. The first kappa shape index (κ1) is 15.6. The first-order chi connectivity index (χ1) is 10.1. The van der Waals surface area contributed by atoms with Crippen molar-refractivity contribution in [2.75, 3.05) is 17.7 Å². The molecule has 1 heterocycles. The molecule has 3 N–H and O–H groups in total. The maximum Gasteiger partial charge on any atom is 0.237 e. The maximum atomic E-state index is 12.2. The van der Waals surface area contributed by atoms with E-state index in [-0.39, 0.29) is 11.2 Å². The molecular formula is C13H16N4O2S2. The third-order valence-corrected chi connectivity index (χ3v) is 4.45. The number of carbonyl (C=O) groups excluding carboxylic acids is 1. The highest BCUT2D eigenvalue weighted by Crippen LogP contribution is 2.29. The summed E-state index contributed by atoms with van der Waals surface area (Å²) >= 11 is 2.59. The summed E-state index contributed by atoms with van der Waals surface area (Å²) in [4.78, 5) is 12.2. The summed E-state index contributed by atoms with van der Waals surface area (Å²) in [6.07, 6.45) is 0. The number of thioether (sulfide) groups is 1. The molecule has 8 heteroatoms. The van der Waals surface area contributed by atoms with Crippen LogP contribution in [0.3, 0.4) is 0 Å². The van der Waals surface area contributed by atoms with Crippen LogP contribution >= 0.6 is 23.1 Å². The Bertz CT molecular complexity index is 618. The van der Waals surface area contributed by atoms with Gasteiger partial charge in [0.1, 0.15) is 5.75 Å². The first-order valence-corrected chi connectivity index (χ1v) is 8.08. The maximum absolute atomic E-state index is 12.2. The van der Waals surface area contributed by atoms with Gasteiger partial charge < -0.3 is 15.8 Å². The minimum Gasteiger partial charge on any atom is -0.492 e. The topological polar surface area (TPSA) is 90.1 Å². The van der Waals surface area contributed by atoms with Gasteiger partial charge >= 0.3 is 0 Å². The lowest BCUT2D eigenvalue weighted by molar-refractivity contribution is -0.115. The van der Waals surface area contributed by atoms with Gasteiger partial charge in [-0.3, -0.25) is 4.79 Å². The average molecular weight is 324 g/mol. The molecule has 0 aliphatic rings. The largest absolute Gasteiger partial charge is 0.492 e. The zero-order chi connectivity index (χ0) is 15.2. The molecule has 1 unspecified atom stereocenters. The number of anilines is 2. The number of hydrogen-bond acceptors (Lipinski definition) is 7. The number of nitrogens with one attached hydrogen (secondary N) is 1. The smallest absolute Gasteiger partial charge is 0.237 e. The Labute approximate surface area is 131 Å².